The Labute approximate surface area is 185 Å². The molecular weight excluding hydrogens is 376 g/mol. The maximum Gasteiger partial charge on any atom is 0.212 e. The van der Waals surface area contributed by atoms with Crippen LogP contribution in [0.25, 0.3) is 0 Å². The van der Waals surface area contributed by atoms with Gasteiger partial charge in [-0.15, -0.1) is 0 Å². The lowest BCUT2D eigenvalue weighted by atomic mass is 10.0. The van der Waals surface area contributed by atoms with E-state index in [1.807, 2.05) is 6.08 Å². The molecule has 174 valence electrons. The number of hydrogen-bond donors (Lipinski definition) is 1. The molecule has 1 rings (SSSR count). The van der Waals surface area contributed by atoms with Crippen molar-refractivity contribution in [3.63, 3.8) is 0 Å². The summed E-state index contributed by atoms with van der Waals surface area (Å²) in [7, 11) is 3.19. The highest BCUT2D eigenvalue weighted by Gasteiger charge is 2.33. The van der Waals surface area contributed by atoms with Crippen molar-refractivity contribution >= 4 is 11.8 Å². The molecule has 0 aliphatic carbocycles. The van der Waals surface area contributed by atoms with Gasteiger partial charge in [0, 0.05) is 0 Å². The maximum atomic E-state index is 10.6. The van der Waals surface area contributed by atoms with Gasteiger partial charge in [-0.3, -0.25) is 0 Å². The van der Waals surface area contributed by atoms with Crippen LogP contribution in [-0.2, 0) is 9.47 Å². The lowest BCUT2D eigenvalue weighted by Crippen LogP contribution is -2.42. The van der Waals surface area contributed by atoms with Crippen LogP contribution in [0.4, 0.5) is 0 Å². The van der Waals surface area contributed by atoms with Gasteiger partial charge < -0.3 is 14.6 Å². The van der Waals surface area contributed by atoms with Crippen LogP contribution in [0, 0.1) is 5.92 Å². The Kier molecular flexibility index (Phi) is 14.5. The molecule has 0 radical (unpaired) electrons. The van der Waals surface area contributed by atoms with Gasteiger partial charge in [-0.2, -0.15) is 0 Å². The first-order chi connectivity index (χ1) is 14.5. The van der Waals surface area contributed by atoms with Crippen LogP contribution in [0.2, 0.25) is 0 Å². The topological polar surface area (TPSA) is 63.4 Å². The number of aliphatic imine (C=N–C) groups is 2. The van der Waals surface area contributed by atoms with Crippen LogP contribution in [0.5, 0.6) is 0 Å². The smallest absolute Gasteiger partial charge is 0.212 e. The molecule has 0 saturated carbocycles. The number of allylic oxidation sites excluding steroid dienone is 1. The van der Waals surface area contributed by atoms with E-state index in [0.717, 1.165) is 12.8 Å². The second-order valence-corrected chi connectivity index (χ2v) is 8.72. The Morgan fingerprint density at radius 1 is 0.800 bits per heavy atom. The monoisotopic (exact) mass is 422 g/mol. The molecule has 0 aromatic rings. The summed E-state index contributed by atoms with van der Waals surface area (Å²) >= 11 is 0. The SMILES string of the molecule is CCCCCCCCCCCCC/C=C/[C@H](O)[C@H]1N=C(OC)[C@H](C(C)C)N=C1OC. The second kappa shape index (κ2) is 16.3. The number of unbranched alkanes of at least 4 members (excludes halogenated alkanes) is 11. The number of rotatable bonds is 15. The lowest BCUT2D eigenvalue weighted by Gasteiger charge is -2.28. The van der Waals surface area contributed by atoms with E-state index in [2.05, 4.69) is 36.8 Å². The first-order valence-electron chi connectivity index (χ1n) is 12.1. The fraction of sp³-hybridized carbons (Fsp3) is 0.840. The predicted molar refractivity (Wildman–Crippen MR) is 128 cm³/mol. The summed E-state index contributed by atoms with van der Waals surface area (Å²) < 4.78 is 10.8. The van der Waals surface area contributed by atoms with Gasteiger partial charge in [0.15, 0.2) is 6.04 Å². The van der Waals surface area contributed by atoms with Gasteiger partial charge in [-0.1, -0.05) is 97.1 Å². The molecule has 0 unspecified atom stereocenters. The van der Waals surface area contributed by atoms with Crippen molar-refractivity contribution in [1.29, 1.82) is 0 Å². The Balaban J connectivity index is 2.25. The summed E-state index contributed by atoms with van der Waals surface area (Å²) in [6.07, 6.45) is 18.9. The molecule has 3 atom stereocenters. The van der Waals surface area contributed by atoms with Crippen molar-refractivity contribution in [3.05, 3.63) is 12.2 Å². The van der Waals surface area contributed by atoms with Crippen LogP contribution >= 0.6 is 0 Å². The molecule has 0 saturated heterocycles. The van der Waals surface area contributed by atoms with E-state index < -0.39 is 12.1 Å². The van der Waals surface area contributed by atoms with E-state index in [1.165, 1.54) is 64.2 Å². The fourth-order valence-corrected chi connectivity index (χ4v) is 3.81. The second-order valence-electron chi connectivity index (χ2n) is 8.72. The zero-order valence-corrected chi connectivity index (χ0v) is 20.1. The highest BCUT2D eigenvalue weighted by Crippen LogP contribution is 2.20. The Bertz CT molecular complexity index is 528. The molecule has 30 heavy (non-hydrogen) atoms. The molecule has 0 amide bonds. The molecule has 0 aromatic heterocycles. The molecule has 0 fully saturated rings. The molecule has 0 bridgehead atoms. The van der Waals surface area contributed by atoms with Crippen molar-refractivity contribution in [2.75, 3.05) is 14.2 Å². The molecule has 0 aromatic carbocycles. The third-order valence-corrected chi connectivity index (χ3v) is 5.72. The van der Waals surface area contributed by atoms with E-state index in [-0.39, 0.29) is 12.0 Å². The van der Waals surface area contributed by atoms with Crippen molar-refractivity contribution < 1.29 is 14.6 Å². The third kappa shape index (κ3) is 10.1. The van der Waals surface area contributed by atoms with Crippen LogP contribution in [0.1, 0.15) is 97.8 Å². The molecule has 1 heterocycles. The molecular formula is C25H46N2O3. The zero-order chi connectivity index (χ0) is 22.2. The minimum absolute atomic E-state index is 0.159. The van der Waals surface area contributed by atoms with E-state index in [1.54, 1.807) is 14.2 Å². The van der Waals surface area contributed by atoms with Gasteiger partial charge in [0.05, 0.1) is 14.2 Å². The molecule has 5 heteroatoms. The van der Waals surface area contributed by atoms with E-state index in [4.69, 9.17) is 9.47 Å². The van der Waals surface area contributed by atoms with Gasteiger partial charge in [0.2, 0.25) is 11.8 Å². The fourth-order valence-electron chi connectivity index (χ4n) is 3.81. The number of ether oxygens (including phenoxy) is 2. The number of methoxy groups -OCH3 is 2. The van der Waals surface area contributed by atoms with Crippen molar-refractivity contribution in [2.45, 2.75) is 116 Å². The molecule has 0 spiro atoms. The molecule has 1 aliphatic heterocycles. The number of aliphatic hydroxyl groups is 1. The lowest BCUT2D eigenvalue weighted by molar-refractivity contribution is 0.196. The van der Waals surface area contributed by atoms with Gasteiger partial charge in [-0.25, -0.2) is 9.98 Å². The maximum absolute atomic E-state index is 10.6. The van der Waals surface area contributed by atoms with Crippen LogP contribution < -0.4 is 0 Å². The predicted octanol–water partition coefficient (Wildman–Crippen LogP) is 6.10. The van der Waals surface area contributed by atoms with Gasteiger partial charge in [0.25, 0.3) is 0 Å². The first-order valence-corrected chi connectivity index (χ1v) is 12.1. The van der Waals surface area contributed by atoms with Crippen LogP contribution in [0.3, 0.4) is 0 Å². The minimum atomic E-state index is -0.755. The number of nitrogens with zero attached hydrogens (tertiary/aromatic N) is 2. The first kappa shape index (κ1) is 26.7. The average Bonchev–Trinajstić information content (AvgIpc) is 2.75. The van der Waals surface area contributed by atoms with Crippen LogP contribution in [-0.4, -0.2) is 49.3 Å². The summed E-state index contributed by atoms with van der Waals surface area (Å²) in [6, 6.07) is -0.692. The molecule has 5 nitrogen and oxygen atoms in total. The van der Waals surface area contributed by atoms with E-state index >= 15 is 0 Å². The highest BCUT2D eigenvalue weighted by atomic mass is 16.5. The van der Waals surface area contributed by atoms with Gasteiger partial charge in [-0.05, 0) is 18.8 Å². The Morgan fingerprint density at radius 3 is 1.77 bits per heavy atom. The highest BCUT2D eigenvalue weighted by molar-refractivity contribution is 5.94. The summed E-state index contributed by atoms with van der Waals surface area (Å²) in [5.74, 6) is 1.29. The Hall–Kier alpha value is -1.36. The summed E-state index contributed by atoms with van der Waals surface area (Å²) in [5.41, 5.74) is 0. The van der Waals surface area contributed by atoms with Crippen molar-refractivity contribution in [2.24, 2.45) is 15.9 Å². The largest absolute Gasteiger partial charge is 0.483 e. The summed E-state index contributed by atoms with van der Waals surface area (Å²) in [4.78, 5) is 9.19. The number of hydrogen-bond acceptors (Lipinski definition) is 5. The minimum Gasteiger partial charge on any atom is -0.483 e. The summed E-state index contributed by atoms with van der Waals surface area (Å²) in [5, 5.41) is 10.6. The third-order valence-electron chi connectivity index (χ3n) is 5.72. The van der Waals surface area contributed by atoms with Gasteiger partial charge >= 0.3 is 0 Å². The molecule has 1 aliphatic rings. The Morgan fingerprint density at radius 2 is 1.27 bits per heavy atom. The summed E-state index contributed by atoms with van der Waals surface area (Å²) in [6.45, 7) is 6.41. The average molecular weight is 423 g/mol. The van der Waals surface area contributed by atoms with E-state index in [0.29, 0.717) is 11.8 Å². The normalized spacial score (nSPS) is 20.4. The van der Waals surface area contributed by atoms with Crippen molar-refractivity contribution in [3.8, 4) is 0 Å². The van der Waals surface area contributed by atoms with Crippen LogP contribution in [0.15, 0.2) is 22.1 Å². The number of aliphatic hydroxyl groups excluding tert-OH is 1. The standard InChI is InChI=1S/C25H46N2O3/c1-6-7-8-9-10-11-12-13-14-15-16-17-18-19-21(28)23-25(30-5)26-22(20(2)3)24(27-23)29-4/h18-23,28H,6-17H2,1-5H3/b19-18+/t21-,22-,23+/m0/s1. The quantitative estimate of drug-likeness (QED) is 0.256. The van der Waals surface area contributed by atoms with Gasteiger partial charge in [0.1, 0.15) is 12.1 Å². The van der Waals surface area contributed by atoms with E-state index in [9.17, 15) is 5.11 Å². The van der Waals surface area contributed by atoms with Crippen molar-refractivity contribution in [1.82, 2.24) is 0 Å². The molecule has 1 N–H and O–H groups in total. The zero-order valence-electron chi connectivity index (χ0n) is 20.1.